The quantitative estimate of drug-likeness (QED) is 0.920. The summed E-state index contributed by atoms with van der Waals surface area (Å²) in [5, 5.41) is 3.02. The van der Waals surface area contributed by atoms with Crippen molar-refractivity contribution >= 4 is 6.03 Å². The van der Waals surface area contributed by atoms with Gasteiger partial charge in [-0.15, -0.1) is 0 Å². The molecule has 0 aliphatic carbocycles. The summed E-state index contributed by atoms with van der Waals surface area (Å²) in [5.74, 6) is 1.61. The number of urea groups is 1. The average Bonchev–Trinajstić information content (AvgIpc) is 2.93. The minimum absolute atomic E-state index is 0.0373. The van der Waals surface area contributed by atoms with Gasteiger partial charge in [-0.2, -0.15) is 0 Å². The van der Waals surface area contributed by atoms with Crippen molar-refractivity contribution < 1.29 is 9.21 Å². The first-order valence-electron chi connectivity index (χ1n) is 7.30. The second-order valence-corrected chi connectivity index (χ2v) is 5.85. The first kappa shape index (κ1) is 14.9. The normalized spacial score (nSPS) is 18.3. The van der Waals surface area contributed by atoms with Crippen LogP contribution in [0.4, 0.5) is 4.79 Å². The van der Waals surface area contributed by atoms with Gasteiger partial charge < -0.3 is 14.6 Å². The monoisotopic (exact) mass is 279 g/mol. The SMILES string of the molecule is CC1CCN(C(=O)NCC(c2ccco2)N(C)C)CC1. The Bertz CT molecular complexity index is 409. The van der Waals surface area contributed by atoms with E-state index in [1.165, 1.54) is 0 Å². The third-order valence-electron chi connectivity index (χ3n) is 4.01. The first-order chi connectivity index (χ1) is 9.58. The molecule has 2 heterocycles. The largest absolute Gasteiger partial charge is 0.468 e. The molecule has 0 spiro atoms. The van der Waals surface area contributed by atoms with Gasteiger partial charge in [0.1, 0.15) is 5.76 Å². The Hall–Kier alpha value is -1.49. The van der Waals surface area contributed by atoms with Gasteiger partial charge >= 0.3 is 6.03 Å². The topological polar surface area (TPSA) is 48.7 Å². The molecule has 1 aromatic rings. The number of piperidine rings is 1. The van der Waals surface area contributed by atoms with Crippen LogP contribution in [0.5, 0.6) is 0 Å². The lowest BCUT2D eigenvalue weighted by Gasteiger charge is -2.31. The van der Waals surface area contributed by atoms with Gasteiger partial charge in [0, 0.05) is 19.6 Å². The highest BCUT2D eigenvalue weighted by atomic mass is 16.3. The van der Waals surface area contributed by atoms with Crippen LogP contribution in [-0.4, -0.2) is 49.6 Å². The molecule has 1 N–H and O–H groups in total. The summed E-state index contributed by atoms with van der Waals surface area (Å²) in [7, 11) is 3.98. The number of nitrogens with one attached hydrogen (secondary N) is 1. The molecular formula is C15H25N3O2. The van der Waals surface area contributed by atoms with Crippen LogP contribution in [0, 0.1) is 5.92 Å². The lowest BCUT2D eigenvalue weighted by Crippen LogP contribution is -2.46. The average molecular weight is 279 g/mol. The van der Waals surface area contributed by atoms with E-state index in [1.54, 1.807) is 6.26 Å². The van der Waals surface area contributed by atoms with Crippen LogP contribution < -0.4 is 5.32 Å². The van der Waals surface area contributed by atoms with E-state index in [4.69, 9.17) is 4.42 Å². The highest BCUT2D eigenvalue weighted by Gasteiger charge is 2.22. The molecule has 112 valence electrons. The number of nitrogens with zero attached hydrogens (tertiary/aromatic N) is 2. The fourth-order valence-corrected chi connectivity index (χ4v) is 2.53. The van der Waals surface area contributed by atoms with Gasteiger partial charge in [-0.05, 0) is 45.0 Å². The van der Waals surface area contributed by atoms with Crippen LogP contribution in [0.15, 0.2) is 22.8 Å². The summed E-state index contributed by atoms with van der Waals surface area (Å²) in [5.41, 5.74) is 0. The minimum atomic E-state index is 0.0373. The maximum atomic E-state index is 12.2. The van der Waals surface area contributed by atoms with E-state index in [9.17, 15) is 4.79 Å². The highest BCUT2D eigenvalue weighted by Crippen LogP contribution is 2.19. The number of furan rings is 1. The summed E-state index contributed by atoms with van der Waals surface area (Å²) in [6.07, 6.45) is 3.87. The second-order valence-electron chi connectivity index (χ2n) is 5.85. The number of carbonyl (C=O) groups is 1. The Morgan fingerprint density at radius 3 is 2.75 bits per heavy atom. The summed E-state index contributed by atoms with van der Waals surface area (Å²) < 4.78 is 5.44. The molecule has 0 saturated carbocycles. The Morgan fingerprint density at radius 2 is 2.20 bits per heavy atom. The molecular weight excluding hydrogens is 254 g/mol. The number of likely N-dealkylation sites (N-methyl/N-ethyl adjacent to an activating group) is 1. The maximum absolute atomic E-state index is 12.2. The minimum Gasteiger partial charge on any atom is -0.468 e. The maximum Gasteiger partial charge on any atom is 0.317 e. The van der Waals surface area contributed by atoms with Crippen LogP contribution in [0.2, 0.25) is 0 Å². The number of carbonyl (C=O) groups excluding carboxylic acids is 1. The summed E-state index contributed by atoms with van der Waals surface area (Å²) in [6, 6.07) is 3.92. The van der Waals surface area contributed by atoms with Crippen molar-refractivity contribution in [1.82, 2.24) is 15.1 Å². The van der Waals surface area contributed by atoms with Crippen molar-refractivity contribution in [2.45, 2.75) is 25.8 Å². The molecule has 2 rings (SSSR count). The molecule has 5 nitrogen and oxygen atoms in total. The van der Waals surface area contributed by atoms with Crippen molar-refractivity contribution in [2.75, 3.05) is 33.7 Å². The summed E-state index contributed by atoms with van der Waals surface area (Å²) in [6.45, 7) is 4.53. The number of likely N-dealkylation sites (tertiary alicyclic amines) is 1. The van der Waals surface area contributed by atoms with Crippen molar-refractivity contribution in [3.8, 4) is 0 Å². The molecule has 1 aliphatic heterocycles. The van der Waals surface area contributed by atoms with Gasteiger partial charge in [0.15, 0.2) is 0 Å². The number of hydrogen-bond acceptors (Lipinski definition) is 3. The molecule has 1 fully saturated rings. The smallest absolute Gasteiger partial charge is 0.317 e. The lowest BCUT2D eigenvalue weighted by atomic mass is 10.00. The zero-order valence-corrected chi connectivity index (χ0v) is 12.6. The molecule has 1 aliphatic rings. The van der Waals surface area contributed by atoms with E-state index >= 15 is 0 Å². The van der Waals surface area contributed by atoms with Gasteiger partial charge in [0.25, 0.3) is 0 Å². The van der Waals surface area contributed by atoms with Gasteiger partial charge in [0.2, 0.25) is 0 Å². The first-order valence-corrected chi connectivity index (χ1v) is 7.30. The van der Waals surface area contributed by atoms with Crippen molar-refractivity contribution in [1.29, 1.82) is 0 Å². The standard InChI is InChI=1S/C15H25N3O2/c1-12-6-8-18(9-7-12)15(19)16-11-13(17(2)3)14-5-4-10-20-14/h4-5,10,12-13H,6-9,11H2,1-3H3,(H,16,19). The second kappa shape index (κ2) is 6.79. The number of rotatable bonds is 4. The molecule has 1 aromatic heterocycles. The predicted molar refractivity (Wildman–Crippen MR) is 78.5 cm³/mol. The molecule has 1 atom stereocenters. The number of hydrogen-bond donors (Lipinski definition) is 1. The van der Waals surface area contributed by atoms with Crippen molar-refractivity contribution in [3.05, 3.63) is 24.2 Å². The highest BCUT2D eigenvalue weighted by molar-refractivity contribution is 5.74. The third kappa shape index (κ3) is 3.76. The fourth-order valence-electron chi connectivity index (χ4n) is 2.53. The summed E-state index contributed by atoms with van der Waals surface area (Å²) >= 11 is 0. The molecule has 0 bridgehead atoms. The molecule has 0 aromatic carbocycles. The molecule has 0 radical (unpaired) electrons. The van der Waals surface area contributed by atoms with Crippen LogP contribution in [0.3, 0.4) is 0 Å². The van der Waals surface area contributed by atoms with Crippen LogP contribution in [0.25, 0.3) is 0 Å². The molecule has 1 unspecified atom stereocenters. The van der Waals surface area contributed by atoms with Gasteiger partial charge in [0.05, 0.1) is 12.3 Å². The van der Waals surface area contributed by atoms with Crippen LogP contribution in [0.1, 0.15) is 31.6 Å². The van der Waals surface area contributed by atoms with E-state index in [0.29, 0.717) is 6.54 Å². The van der Waals surface area contributed by atoms with E-state index < -0.39 is 0 Å². The van der Waals surface area contributed by atoms with Crippen molar-refractivity contribution in [3.63, 3.8) is 0 Å². The van der Waals surface area contributed by atoms with Crippen molar-refractivity contribution in [2.24, 2.45) is 5.92 Å². The van der Waals surface area contributed by atoms with E-state index in [2.05, 4.69) is 17.1 Å². The predicted octanol–water partition coefficient (Wildman–Crippen LogP) is 2.32. The summed E-state index contributed by atoms with van der Waals surface area (Å²) in [4.78, 5) is 16.1. The zero-order chi connectivity index (χ0) is 14.5. The molecule has 20 heavy (non-hydrogen) atoms. The molecule has 1 saturated heterocycles. The third-order valence-corrected chi connectivity index (χ3v) is 4.01. The Balaban J connectivity index is 1.85. The molecule has 5 heteroatoms. The van der Waals surface area contributed by atoms with Crippen LogP contribution in [-0.2, 0) is 0 Å². The van der Waals surface area contributed by atoms with Gasteiger partial charge in [-0.1, -0.05) is 6.92 Å². The van der Waals surface area contributed by atoms with E-state index in [-0.39, 0.29) is 12.1 Å². The fraction of sp³-hybridized carbons (Fsp3) is 0.667. The number of amides is 2. The van der Waals surface area contributed by atoms with Gasteiger partial charge in [-0.3, -0.25) is 4.90 Å². The Labute approximate surface area is 120 Å². The van der Waals surface area contributed by atoms with E-state index in [1.807, 2.05) is 31.1 Å². The lowest BCUT2D eigenvalue weighted by molar-refractivity contribution is 0.168. The Kier molecular flexibility index (Phi) is 5.06. The Morgan fingerprint density at radius 1 is 1.50 bits per heavy atom. The van der Waals surface area contributed by atoms with Gasteiger partial charge in [-0.25, -0.2) is 4.79 Å². The zero-order valence-electron chi connectivity index (χ0n) is 12.6. The molecule has 2 amide bonds. The van der Waals surface area contributed by atoms with Crippen LogP contribution >= 0.6 is 0 Å². The van der Waals surface area contributed by atoms with E-state index in [0.717, 1.165) is 37.6 Å².